The van der Waals surface area contributed by atoms with Gasteiger partial charge in [0.15, 0.2) is 0 Å². The molecule has 0 bridgehead atoms. The number of aliphatic imine (C=N–C) groups is 1. The van der Waals surface area contributed by atoms with Crippen LogP contribution in [-0.4, -0.2) is 41.5 Å². The second kappa shape index (κ2) is 10.5. The second-order valence-corrected chi connectivity index (χ2v) is 8.74. The number of hydrogen-bond donors (Lipinski definition) is 0. The zero-order valence-corrected chi connectivity index (χ0v) is 20.1. The standard InChI is InChI=1S/C29H28N2O4/c1-4-35-29(34)26(31-27(32)24-7-5-6-8-25(24)28(31)33)17-20-11-15-23(16-12-20)30-18-21-9-13-22(14-10-21)19(2)3/h5-16,18-19,26H,4,17H2,1-3H3/t26-/m1/s1. The van der Waals surface area contributed by atoms with Crippen molar-refractivity contribution in [2.24, 2.45) is 4.99 Å². The molecule has 1 aliphatic rings. The van der Waals surface area contributed by atoms with Gasteiger partial charge in [0, 0.05) is 12.6 Å². The average molecular weight is 469 g/mol. The Labute approximate surface area is 205 Å². The van der Waals surface area contributed by atoms with Gasteiger partial charge < -0.3 is 4.74 Å². The number of esters is 1. The van der Waals surface area contributed by atoms with Gasteiger partial charge in [-0.15, -0.1) is 0 Å². The van der Waals surface area contributed by atoms with E-state index in [0.29, 0.717) is 17.0 Å². The summed E-state index contributed by atoms with van der Waals surface area (Å²) < 4.78 is 5.21. The number of carbonyl (C=O) groups excluding carboxylic acids is 3. The van der Waals surface area contributed by atoms with E-state index in [1.165, 1.54) is 5.56 Å². The van der Waals surface area contributed by atoms with Gasteiger partial charge in [0.2, 0.25) is 0 Å². The fraction of sp³-hybridized carbons (Fsp3) is 0.241. The number of hydrogen-bond acceptors (Lipinski definition) is 5. The first-order valence-electron chi connectivity index (χ1n) is 11.8. The summed E-state index contributed by atoms with van der Waals surface area (Å²) in [5.74, 6) is -1.08. The first kappa shape index (κ1) is 24.1. The lowest BCUT2D eigenvalue weighted by Crippen LogP contribution is -2.47. The number of rotatable bonds is 8. The van der Waals surface area contributed by atoms with Crippen LogP contribution in [0.15, 0.2) is 77.8 Å². The van der Waals surface area contributed by atoms with Crippen molar-refractivity contribution in [2.45, 2.75) is 39.2 Å². The number of fused-ring (bicyclic) bond motifs is 1. The summed E-state index contributed by atoms with van der Waals surface area (Å²) in [7, 11) is 0. The minimum absolute atomic E-state index is 0.157. The fourth-order valence-corrected chi connectivity index (χ4v) is 4.07. The highest BCUT2D eigenvalue weighted by Gasteiger charge is 2.43. The first-order chi connectivity index (χ1) is 16.9. The van der Waals surface area contributed by atoms with Crippen LogP contribution in [0.4, 0.5) is 5.69 Å². The summed E-state index contributed by atoms with van der Waals surface area (Å²) in [6, 6.07) is 21.2. The molecule has 178 valence electrons. The van der Waals surface area contributed by atoms with Crippen molar-refractivity contribution in [1.29, 1.82) is 0 Å². The van der Waals surface area contributed by atoms with Crippen molar-refractivity contribution < 1.29 is 19.1 Å². The Bertz CT molecular complexity index is 1230. The summed E-state index contributed by atoms with van der Waals surface area (Å²) >= 11 is 0. The third-order valence-corrected chi connectivity index (χ3v) is 6.03. The fourth-order valence-electron chi connectivity index (χ4n) is 4.07. The lowest BCUT2D eigenvalue weighted by Gasteiger charge is -2.24. The van der Waals surface area contributed by atoms with E-state index >= 15 is 0 Å². The minimum atomic E-state index is -1.05. The molecule has 2 amide bonds. The third kappa shape index (κ3) is 5.22. The summed E-state index contributed by atoms with van der Waals surface area (Å²) in [4.78, 5) is 44.2. The average Bonchev–Trinajstić information content (AvgIpc) is 3.12. The topological polar surface area (TPSA) is 76.0 Å². The van der Waals surface area contributed by atoms with Crippen LogP contribution in [0.2, 0.25) is 0 Å². The van der Waals surface area contributed by atoms with Gasteiger partial charge in [-0.2, -0.15) is 0 Å². The molecule has 3 aromatic carbocycles. The first-order valence-corrected chi connectivity index (χ1v) is 11.8. The Morgan fingerprint density at radius 2 is 1.51 bits per heavy atom. The molecule has 0 N–H and O–H groups in total. The maximum absolute atomic E-state index is 13.0. The summed E-state index contributed by atoms with van der Waals surface area (Å²) in [6.07, 6.45) is 1.96. The Morgan fingerprint density at radius 1 is 0.914 bits per heavy atom. The van der Waals surface area contributed by atoms with Gasteiger partial charge in [-0.05, 0) is 53.8 Å². The number of imide groups is 1. The third-order valence-electron chi connectivity index (χ3n) is 6.03. The summed E-state index contributed by atoms with van der Waals surface area (Å²) in [5, 5.41) is 0. The smallest absolute Gasteiger partial charge is 0.329 e. The Morgan fingerprint density at radius 3 is 2.06 bits per heavy atom. The predicted molar refractivity (Wildman–Crippen MR) is 135 cm³/mol. The zero-order valence-electron chi connectivity index (χ0n) is 20.1. The lowest BCUT2D eigenvalue weighted by molar-refractivity contribution is -0.147. The molecule has 1 heterocycles. The molecule has 0 aromatic heterocycles. The van der Waals surface area contributed by atoms with E-state index in [0.717, 1.165) is 21.7 Å². The van der Waals surface area contributed by atoms with Crippen LogP contribution < -0.4 is 0 Å². The largest absolute Gasteiger partial charge is 0.464 e. The maximum atomic E-state index is 13.0. The zero-order chi connectivity index (χ0) is 24.9. The van der Waals surface area contributed by atoms with E-state index < -0.39 is 23.8 Å². The quantitative estimate of drug-likeness (QED) is 0.254. The molecule has 35 heavy (non-hydrogen) atoms. The highest BCUT2D eigenvalue weighted by Crippen LogP contribution is 2.27. The minimum Gasteiger partial charge on any atom is -0.464 e. The molecule has 4 rings (SSSR count). The monoisotopic (exact) mass is 468 g/mol. The van der Waals surface area contributed by atoms with Gasteiger partial charge in [0.25, 0.3) is 11.8 Å². The van der Waals surface area contributed by atoms with E-state index in [4.69, 9.17) is 4.74 Å². The van der Waals surface area contributed by atoms with Crippen molar-refractivity contribution in [3.8, 4) is 0 Å². The molecular formula is C29H28N2O4. The SMILES string of the molecule is CCOC(=O)[C@@H](Cc1ccc(N=Cc2ccc(C(C)C)cc2)cc1)N1C(=O)c2ccccc2C1=O. The van der Waals surface area contributed by atoms with Crippen molar-refractivity contribution in [1.82, 2.24) is 4.90 Å². The van der Waals surface area contributed by atoms with Gasteiger partial charge >= 0.3 is 5.97 Å². The second-order valence-electron chi connectivity index (χ2n) is 8.74. The van der Waals surface area contributed by atoms with E-state index in [-0.39, 0.29) is 13.0 Å². The Kier molecular flexibility index (Phi) is 7.20. The van der Waals surface area contributed by atoms with Crippen LogP contribution >= 0.6 is 0 Å². The van der Waals surface area contributed by atoms with Gasteiger partial charge in [-0.25, -0.2) is 4.79 Å². The van der Waals surface area contributed by atoms with Crippen molar-refractivity contribution >= 4 is 29.7 Å². The van der Waals surface area contributed by atoms with E-state index in [9.17, 15) is 14.4 Å². The van der Waals surface area contributed by atoms with Crippen LogP contribution in [0, 0.1) is 0 Å². The Balaban J connectivity index is 1.51. The predicted octanol–water partition coefficient (Wildman–Crippen LogP) is 5.33. The number of benzene rings is 3. The van der Waals surface area contributed by atoms with Gasteiger partial charge in [-0.1, -0.05) is 62.4 Å². The number of ether oxygens (including phenoxy) is 1. The van der Waals surface area contributed by atoms with Crippen LogP contribution in [-0.2, 0) is 16.0 Å². The lowest BCUT2D eigenvalue weighted by atomic mass is 10.0. The summed E-state index contributed by atoms with van der Waals surface area (Å²) in [6.45, 7) is 6.17. The van der Waals surface area contributed by atoms with Crippen molar-refractivity contribution in [2.75, 3.05) is 6.61 Å². The number of nitrogens with zero attached hydrogens (tertiary/aromatic N) is 2. The molecule has 0 unspecified atom stereocenters. The van der Waals surface area contributed by atoms with E-state index in [1.54, 1.807) is 37.4 Å². The molecule has 0 spiro atoms. The molecule has 1 atom stereocenters. The van der Waals surface area contributed by atoms with Crippen LogP contribution in [0.3, 0.4) is 0 Å². The maximum Gasteiger partial charge on any atom is 0.329 e. The molecule has 0 fully saturated rings. The van der Waals surface area contributed by atoms with E-state index in [1.807, 2.05) is 36.4 Å². The van der Waals surface area contributed by atoms with Crippen molar-refractivity contribution in [3.63, 3.8) is 0 Å². The van der Waals surface area contributed by atoms with Gasteiger partial charge in [0.1, 0.15) is 6.04 Å². The normalized spacial score (nSPS) is 14.0. The molecule has 0 radical (unpaired) electrons. The van der Waals surface area contributed by atoms with E-state index in [2.05, 4.69) is 31.0 Å². The molecule has 0 saturated carbocycles. The summed E-state index contributed by atoms with van der Waals surface area (Å²) in [5.41, 5.74) is 4.44. The Hall–Kier alpha value is -4.06. The number of carbonyl (C=O) groups is 3. The van der Waals surface area contributed by atoms with Crippen LogP contribution in [0.25, 0.3) is 0 Å². The highest BCUT2D eigenvalue weighted by atomic mass is 16.5. The van der Waals surface area contributed by atoms with Crippen molar-refractivity contribution in [3.05, 3.63) is 101 Å². The molecular weight excluding hydrogens is 440 g/mol. The van der Waals surface area contributed by atoms with Crippen LogP contribution in [0.1, 0.15) is 64.1 Å². The molecule has 3 aromatic rings. The molecule has 6 nitrogen and oxygen atoms in total. The highest BCUT2D eigenvalue weighted by molar-refractivity contribution is 6.22. The molecule has 1 aliphatic heterocycles. The molecule has 6 heteroatoms. The molecule has 0 saturated heterocycles. The van der Waals surface area contributed by atoms with Crippen LogP contribution in [0.5, 0.6) is 0 Å². The van der Waals surface area contributed by atoms with Gasteiger partial charge in [0.05, 0.1) is 23.4 Å². The number of amides is 2. The van der Waals surface area contributed by atoms with Gasteiger partial charge in [-0.3, -0.25) is 19.5 Å². The molecule has 0 aliphatic carbocycles.